The molecule has 0 aliphatic carbocycles. The number of aliphatic hydroxyl groups excluding tert-OH is 1. The highest BCUT2D eigenvalue weighted by Gasteiger charge is 2.21. The van der Waals surface area contributed by atoms with E-state index in [9.17, 15) is 9.59 Å². The van der Waals surface area contributed by atoms with Gasteiger partial charge in [-0.15, -0.1) is 0 Å². The number of carbonyl (C=O) groups excluding carboxylic acids is 2. The first-order valence-corrected chi connectivity index (χ1v) is 9.04. The van der Waals surface area contributed by atoms with Crippen LogP contribution < -0.4 is 0 Å². The van der Waals surface area contributed by atoms with Gasteiger partial charge >= 0.3 is 11.9 Å². The summed E-state index contributed by atoms with van der Waals surface area (Å²) >= 11 is 0. The third-order valence-electron chi connectivity index (χ3n) is 3.71. The fourth-order valence-electron chi connectivity index (χ4n) is 2.20. The van der Waals surface area contributed by atoms with Crippen LogP contribution in [0.2, 0.25) is 0 Å². The predicted octanol–water partition coefficient (Wildman–Crippen LogP) is 3.76. The second kappa shape index (κ2) is 14.5. The molecular formula is C18H34O5. The van der Waals surface area contributed by atoms with Crippen LogP contribution >= 0.6 is 0 Å². The van der Waals surface area contributed by atoms with Crippen LogP contribution in [0.1, 0.15) is 85.0 Å². The molecule has 1 N–H and O–H groups in total. The molecule has 0 bridgehead atoms. The molecule has 0 unspecified atom stereocenters. The highest BCUT2D eigenvalue weighted by molar-refractivity contribution is 5.80. The Kier molecular flexibility index (Phi) is 13.8. The van der Waals surface area contributed by atoms with Gasteiger partial charge in [0.05, 0.1) is 6.61 Å². The Morgan fingerprint density at radius 1 is 0.826 bits per heavy atom. The van der Waals surface area contributed by atoms with Gasteiger partial charge in [-0.3, -0.25) is 0 Å². The fraction of sp³-hybridized carbons (Fsp3) is 0.889. The van der Waals surface area contributed by atoms with Crippen molar-refractivity contribution >= 4 is 11.9 Å². The monoisotopic (exact) mass is 330 g/mol. The molecule has 0 aromatic heterocycles. The van der Waals surface area contributed by atoms with Crippen LogP contribution in [-0.2, 0) is 19.1 Å². The maximum atomic E-state index is 11.6. The fourth-order valence-corrected chi connectivity index (χ4v) is 2.20. The van der Waals surface area contributed by atoms with Gasteiger partial charge < -0.3 is 14.6 Å². The second-order valence-corrected chi connectivity index (χ2v) is 6.10. The standard InChI is InChI=1S/C18H34O5/c1-4-5-6-7-8-9-10-11-12-13-14-22-18(21)16(3)23-17(20)15(2)19/h15-16,19H,4-14H2,1-3H3/t15-,16-/m0/s1. The Morgan fingerprint density at radius 2 is 1.30 bits per heavy atom. The smallest absolute Gasteiger partial charge is 0.347 e. The van der Waals surface area contributed by atoms with Crippen molar-refractivity contribution in [1.82, 2.24) is 0 Å². The number of hydrogen-bond donors (Lipinski definition) is 1. The van der Waals surface area contributed by atoms with E-state index in [0.717, 1.165) is 19.3 Å². The molecule has 0 aromatic rings. The van der Waals surface area contributed by atoms with Crippen LogP contribution in [-0.4, -0.2) is 35.9 Å². The molecule has 5 heteroatoms. The van der Waals surface area contributed by atoms with Crippen molar-refractivity contribution in [3.63, 3.8) is 0 Å². The van der Waals surface area contributed by atoms with Crippen LogP contribution in [0.5, 0.6) is 0 Å². The van der Waals surface area contributed by atoms with Crippen LogP contribution in [0.3, 0.4) is 0 Å². The number of aliphatic hydroxyl groups is 1. The van der Waals surface area contributed by atoms with Gasteiger partial charge in [-0.25, -0.2) is 9.59 Å². The zero-order valence-corrected chi connectivity index (χ0v) is 15.0. The Labute approximate surface area is 140 Å². The van der Waals surface area contributed by atoms with Crippen molar-refractivity contribution in [2.45, 2.75) is 97.2 Å². The van der Waals surface area contributed by atoms with Gasteiger partial charge in [0.2, 0.25) is 0 Å². The summed E-state index contributed by atoms with van der Waals surface area (Å²) in [6, 6.07) is 0. The Balaban J connectivity index is 3.43. The molecule has 0 aliphatic rings. The van der Waals surface area contributed by atoms with Crippen molar-refractivity contribution in [1.29, 1.82) is 0 Å². The number of ether oxygens (including phenoxy) is 2. The number of rotatable bonds is 14. The molecule has 5 nitrogen and oxygen atoms in total. The van der Waals surface area contributed by atoms with Crippen molar-refractivity contribution in [3.8, 4) is 0 Å². The van der Waals surface area contributed by atoms with E-state index in [0.29, 0.717) is 6.61 Å². The molecule has 23 heavy (non-hydrogen) atoms. The van der Waals surface area contributed by atoms with Crippen molar-refractivity contribution < 1.29 is 24.2 Å². The molecule has 0 fully saturated rings. The van der Waals surface area contributed by atoms with Crippen LogP contribution in [0.25, 0.3) is 0 Å². The molecule has 0 saturated heterocycles. The molecule has 136 valence electrons. The number of carbonyl (C=O) groups is 2. The molecule has 0 aromatic carbocycles. The lowest BCUT2D eigenvalue weighted by molar-refractivity contribution is -0.171. The quantitative estimate of drug-likeness (QED) is 0.388. The van der Waals surface area contributed by atoms with Gasteiger partial charge in [0.15, 0.2) is 6.10 Å². The summed E-state index contributed by atoms with van der Waals surface area (Å²) < 4.78 is 9.82. The summed E-state index contributed by atoms with van der Waals surface area (Å²) in [4.78, 5) is 22.7. The first kappa shape index (κ1) is 21.9. The number of esters is 2. The summed E-state index contributed by atoms with van der Waals surface area (Å²) in [7, 11) is 0. The van der Waals surface area contributed by atoms with Gasteiger partial charge in [0.1, 0.15) is 6.10 Å². The lowest BCUT2D eigenvalue weighted by Crippen LogP contribution is -2.30. The minimum Gasteiger partial charge on any atom is -0.463 e. The first-order valence-electron chi connectivity index (χ1n) is 9.04. The van der Waals surface area contributed by atoms with Gasteiger partial charge in [-0.05, 0) is 20.3 Å². The van der Waals surface area contributed by atoms with Crippen LogP contribution in [0.4, 0.5) is 0 Å². The molecule has 0 heterocycles. The second-order valence-electron chi connectivity index (χ2n) is 6.10. The summed E-state index contributed by atoms with van der Waals surface area (Å²) in [6.45, 7) is 5.32. The Morgan fingerprint density at radius 3 is 1.78 bits per heavy atom. The molecule has 0 rings (SSSR count). The highest BCUT2D eigenvalue weighted by Crippen LogP contribution is 2.10. The topological polar surface area (TPSA) is 72.8 Å². The maximum Gasteiger partial charge on any atom is 0.347 e. The minimum atomic E-state index is -1.23. The van der Waals surface area contributed by atoms with E-state index in [1.165, 1.54) is 58.8 Å². The minimum absolute atomic E-state index is 0.353. The van der Waals surface area contributed by atoms with Gasteiger partial charge in [-0.1, -0.05) is 64.7 Å². The lowest BCUT2D eigenvalue weighted by Gasteiger charge is -2.13. The largest absolute Gasteiger partial charge is 0.463 e. The average molecular weight is 330 g/mol. The van der Waals surface area contributed by atoms with Gasteiger partial charge in [-0.2, -0.15) is 0 Å². The van der Waals surface area contributed by atoms with E-state index in [2.05, 4.69) is 6.92 Å². The van der Waals surface area contributed by atoms with E-state index in [1.807, 2.05) is 0 Å². The zero-order chi connectivity index (χ0) is 17.5. The van der Waals surface area contributed by atoms with Crippen molar-refractivity contribution in [2.75, 3.05) is 6.61 Å². The Hall–Kier alpha value is -1.10. The molecular weight excluding hydrogens is 296 g/mol. The molecule has 0 aliphatic heterocycles. The summed E-state index contributed by atoms with van der Waals surface area (Å²) in [5.41, 5.74) is 0. The van der Waals surface area contributed by atoms with Crippen molar-refractivity contribution in [3.05, 3.63) is 0 Å². The van der Waals surface area contributed by atoms with Gasteiger partial charge in [0, 0.05) is 0 Å². The van der Waals surface area contributed by atoms with Crippen LogP contribution in [0, 0.1) is 0 Å². The number of unbranched alkanes of at least 4 members (excludes halogenated alkanes) is 9. The van der Waals surface area contributed by atoms with E-state index in [1.54, 1.807) is 0 Å². The normalized spacial score (nSPS) is 13.4. The van der Waals surface area contributed by atoms with Crippen molar-refractivity contribution in [2.24, 2.45) is 0 Å². The molecule has 2 atom stereocenters. The predicted molar refractivity (Wildman–Crippen MR) is 90.0 cm³/mol. The van der Waals surface area contributed by atoms with E-state index in [-0.39, 0.29) is 0 Å². The summed E-state index contributed by atoms with van der Waals surface area (Å²) in [5.74, 6) is -1.37. The zero-order valence-electron chi connectivity index (χ0n) is 15.0. The summed E-state index contributed by atoms with van der Waals surface area (Å²) in [6.07, 6.45) is 10.0. The Bertz CT molecular complexity index is 315. The SMILES string of the molecule is CCCCCCCCCCCCOC(=O)[C@H](C)OC(=O)[C@H](C)O. The molecule has 0 amide bonds. The average Bonchev–Trinajstić information content (AvgIpc) is 2.52. The molecule has 0 spiro atoms. The number of hydrogen-bond acceptors (Lipinski definition) is 5. The molecule has 0 saturated carbocycles. The van der Waals surface area contributed by atoms with E-state index in [4.69, 9.17) is 14.6 Å². The third kappa shape index (κ3) is 13.1. The highest BCUT2D eigenvalue weighted by atomic mass is 16.6. The summed E-state index contributed by atoms with van der Waals surface area (Å²) in [5, 5.41) is 9.00. The molecule has 0 radical (unpaired) electrons. The van der Waals surface area contributed by atoms with E-state index >= 15 is 0 Å². The van der Waals surface area contributed by atoms with Gasteiger partial charge in [0.25, 0.3) is 0 Å². The maximum absolute atomic E-state index is 11.6. The van der Waals surface area contributed by atoms with Crippen LogP contribution in [0.15, 0.2) is 0 Å². The first-order chi connectivity index (χ1) is 11.0. The third-order valence-corrected chi connectivity index (χ3v) is 3.71. The van der Waals surface area contributed by atoms with E-state index < -0.39 is 24.1 Å². The lowest BCUT2D eigenvalue weighted by atomic mass is 10.1.